The van der Waals surface area contributed by atoms with Gasteiger partial charge in [0.1, 0.15) is 0 Å². The maximum Gasteiger partial charge on any atom is 0.271 e. The molecule has 0 spiro atoms. The zero-order chi connectivity index (χ0) is 19.8. The fourth-order valence-corrected chi connectivity index (χ4v) is 4.69. The number of amidine groups is 1. The number of rotatable bonds is 3. The number of amides is 1. The molecule has 0 N–H and O–H groups in total. The fourth-order valence-electron chi connectivity index (χ4n) is 2.98. The molecule has 144 valence electrons. The Hall–Kier alpha value is -3.10. The van der Waals surface area contributed by atoms with Crippen LogP contribution in [0, 0.1) is 6.92 Å². The molecule has 1 aromatic heterocycles. The van der Waals surface area contributed by atoms with E-state index in [1.807, 2.05) is 66.9 Å². The Labute approximate surface area is 175 Å². The zero-order valence-electron chi connectivity index (χ0n) is 15.4. The summed E-state index contributed by atoms with van der Waals surface area (Å²) in [6.45, 7) is 2.14. The second-order valence-electron chi connectivity index (χ2n) is 6.37. The van der Waals surface area contributed by atoms with E-state index in [9.17, 15) is 4.79 Å². The third-order valence-electron chi connectivity index (χ3n) is 4.31. The molecule has 0 radical (unpaired) electrons. The van der Waals surface area contributed by atoms with Crippen LogP contribution in [-0.4, -0.2) is 22.9 Å². The molecule has 1 amide bonds. The van der Waals surface area contributed by atoms with Crippen LogP contribution >= 0.6 is 23.1 Å². The van der Waals surface area contributed by atoms with Crippen LogP contribution in [0.5, 0.6) is 11.5 Å². The Morgan fingerprint density at radius 2 is 1.97 bits per heavy atom. The number of aryl methyl sites for hydroxylation is 1. The van der Waals surface area contributed by atoms with Gasteiger partial charge in [-0.1, -0.05) is 24.3 Å². The number of ether oxygens (including phenoxy) is 2. The summed E-state index contributed by atoms with van der Waals surface area (Å²) in [5.41, 5.74) is 2.54. The van der Waals surface area contributed by atoms with E-state index in [0.717, 1.165) is 16.9 Å². The molecule has 3 aromatic rings. The Morgan fingerprint density at radius 1 is 1.14 bits per heavy atom. The molecule has 0 unspecified atom stereocenters. The van der Waals surface area contributed by atoms with E-state index in [-0.39, 0.29) is 12.7 Å². The number of fused-ring (bicyclic) bond motifs is 1. The molecule has 0 atom stereocenters. The minimum atomic E-state index is -0.120. The number of hydrogen-bond acceptors (Lipinski definition) is 7. The van der Waals surface area contributed by atoms with Gasteiger partial charge in [-0.05, 0) is 54.6 Å². The summed E-state index contributed by atoms with van der Waals surface area (Å²) in [5, 5.41) is 3.16. The van der Waals surface area contributed by atoms with Gasteiger partial charge >= 0.3 is 0 Å². The lowest BCUT2D eigenvalue weighted by molar-refractivity contribution is -0.113. The standard InChI is InChI=1S/C21H15N3O3S2/c1-13-11-28-20(22-13)23-21-24(15-5-3-2-4-6-15)19(25)18(29-21)10-14-7-8-16-17(9-14)27-12-26-16/h2-11H,12H2,1H3/b18-10-,23-21+. The first-order valence-corrected chi connectivity index (χ1v) is 10.6. The van der Waals surface area contributed by atoms with E-state index in [4.69, 9.17) is 9.47 Å². The van der Waals surface area contributed by atoms with Crippen molar-refractivity contribution in [1.82, 2.24) is 4.98 Å². The van der Waals surface area contributed by atoms with Crippen molar-refractivity contribution in [3.63, 3.8) is 0 Å². The van der Waals surface area contributed by atoms with Crippen LogP contribution in [0.15, 0.2) is 63.8 Å². The van der Waals surface area contributed by atoms with Gasteiger partial charge in [0.05, 0.1) is 16.3 Å². The number of nitrogens with zero attached hydrogens (tertiary/aromatic N) is 3. The molecule has 2 aliphatic heterocycles. The first-order valence-electron chi connectivity index (χ1n) is 8.87. The van der Waals surface area contributed by atoms with Crippen molar-refractivity contribution < 1.29 is 14.3 Å². The molecule has 6 nitrogen and oxygen atoms in total. The average molecular weight is 422 g/mol. The zero-order valence-corrected chi connectivity index (χ0v) is 17.0. The molecule has 1 saturated heterocycles. The van der Waals surface area contributed by atoms with Gasteiger partial charge < -0.3 is 9.47 Å². The van der Waals surface area contributed by atoms with Gasteiger partial charge in [0.2, 0.25) is 11.9 Å². The molecule has 0 aliphatic carbocycles. The van der Waals surface area contributed by atoms with Crippen LogP contribution in [0.3, 0.4) is 0 Å². The number of hydrogen-bond donors (Lipinski definition) is 0. The second kappa shape index (κ2) is 7.38. The first kappa shape index (κ1) is 18.0. The van der Waals surface area contributed by atoms with Crippen LogP contribution in [0.4, 0.5) is 10.8 Å². The van der Waals surface area contributed by atoms with Gasteiger partial charge in [-0.25, -0.2) is 4.98 Å². The SMILES string of the molecule is Cc1csc(/N=C2/S/C(=C\c3ccc4c(c3)OCO4)C(=O)N2c2ccccc2)n1. The molecule has 2 aliphatic rings. The summed E-state index contributed by atoms with van der Waals surface area (Å²) < 4.78 is 10.8. The molecule has 3 heterocycles. The lowest BCUT2D eigenvalue weighted by Gasteiger charge is -2.14. The van der Waals surface area contributed by atoms with Crippen molar-refractivity contribution in [3.05, 3.63) is 70.1 Å². The van der Waals surface area contributed by atoms with E-state index in [1.54, 1.807) is 4.90 Å². The number of carbonyl (C=O) groups is 1. The summed E-state index contributed by atoms with van der Waals surface area (Å²) in [6.07, 6.45) is 1.85. The third kappa shape index (κ3) is 3.52. The maximum absolute atomic E-state index is 13.2. The summed E-state index contributed by atoms with van der Waals surface area (Å²) in [5.74, 6) is 1.28. The van der Waals surface area contributed by atoms with Crippen LogP contribution in [0.1, 0.15) is 11.3 Å². The van der Waals surface area contributed by atoms with E-state index in [2.05, 4.69) is 9.98 Å². The number of aromatic nitrogens is 1. The van der Waals surface area contributed by atoms with Gasteiger partial charge in [-0.3, -0.25) is 9.69 Å². The number of aliphatic imine (C=N–C) groups is 1. The molecule has 0 bridgehead atoms. The van der Waals surface area contributed by atoms with Crippen molar-refractivity contribution in [1.29, 1.82) is 0 Å². The lowest BCUT2D eigenvalue weighted by atomic mass is 10.2. The fraction of sp³-hybridized carbons (Fsp3) is 0.0952. The number of thioether (sulfide) groups is 1. The lowest BCUT2D eigenvalue weighted by Crippen LogP contribution is -2.28. The number of anilines is 1. The topological polar surface area (TPSA) is 64.0 Å². The summed E-state index contributed by atoms with van der Waals surface area (Å²) in [6, 6.07) is 15.1. The molecule has 8 heteroatoms. The first-order chi connectivity index (χ1) is 14.2. The van der Waals surface area contributed by atoms with Crippen LogP contribution < -0.4 is 14.4 Å². The highest BCUT2D eigenvalue weighted by atomic mass is 32.2. The van der Waals surface area contributed by atoms with E-state index >= 15 is 0 Å². The quantitative estimate of drug-likeness (QED) is 0.558. The smallest absolute Gasteiger partial charge is 0.271 e. The van der Waals surface area contributed by atoms with Crippen molar-refractivity contribution in [2.75, 3.05) is 11.7 Å². The molecular weight excluding hydrogens is 406 g/mol. The number of para-hydroxylation sites is 1. The van der Waals surface area contributed by atoms with E-state index < -0.39 is 0 Å². The Morgan fingerprint density at radius 3 is 2.76 bits per heavy atom. The van der Waals surface area contributed by atoms with Gasteiger partial charge in [-0.15, -0.1) is 11.3 Å². The second-order valence-corrected chi connectivity index (χ2v) is 8.21. The van der Waals surface area contributed by atoms with Gasteiger partial charge in [-0.2, -0.15) is 4.99 Å². The number of thiazole rings is 1. The van der Waals surface area contributed by atoms with Gasteiger partial charge in [0, 0.05) is 5.38 Å². The third-order valence-corrected chi connectivity index (χ3v) is 6.13. The highest BCUT2D eigenvalue weighted by molar-refractivity contribution is 8.19. The molecule has 2 aromatic carbocycles. The summed E-state index contributed by atoms with van der Waals surface area (Å²) in [7, 11) is 0. The molecule has 5 rings (SSSR count). The van der Waals surface area contributed by atoms with Crippen molar-refractivity contribution >= 4 is 51.1 Å². The van der Waals surface area contributed by atoms with Crippen molar-refractivity contribution in [3.8, 4) is 11.5 Å². The molecular formula is C21H15N3O3S2. The van der Waals surface area contributed by atoms with Crippen LogP contribution in [0.25, 0.3) is 6.08 Å². The molecule has 0 saturated carbocycles. The summed E-state index contributed by atoms with van der Waals surface area (Å²) in [4.78, 5) is 24.5. The Kier molecular flexibility index (Phi) is 4.57. The van der Waals surface area contributed by atoms with E-state index in [1.165, 1.54) is 23.1 Å². The maximum atomic E-state index is 13.2. The van der Waals surface area contributed by atoms with E-state index in [0.29, 0.717) is 26.7 Å². The highest BCUT2D eigenvalue weighted by Gasteiger charge is 2.35. The largest absolute Gasteiger partial charge is 0.454 e. The van der Waals surface area contributed by atoms with Crippen molar-refractivity contribution in [2.24, 2.45) is 4.99 Å². The molecule has 1 fully saturated rings. The average Bonchev–Trinajstić information content (AvgIpc) is 3.43. The van der Waals surface area contributed by atoms with Crippen LogP contribution in [0.2, 0.25) is 0 Å². The predicted octanol–water partition coefficient (Wildman–Crippen LogP) is 4.99. The number of benzene rings is 2. The van der Waals surface area contributed by atoms with Gasteiger partial charge in [0.25, 0.3) is 5.91 Å². The van der Waals surface area contributed by atoms with Crippen LogP contribution in [-0.2, 0) is 4.79 Å². The van der Waals surface area contributed by atoms with Crippen molar-refractivity contribution in [2.45, 2.75) is 6.92 Å². The number of carbonyl (C=O) groups excluding carboxylic acids is 1. The Balaban J connectivity index is 1.54. The molecule has 29 heavy (non-hydrogen) atoms. The summed E-state index contributed by atoms with van der Waals surface area (Å²) >= 11 is 2.79. The Bertz CT molecular complexity index is 1150. The van der Waals surface area contributed by atoms with Gasteiger partial charge in [0.15, 0.2) is 16.7 Å². The predicted molar refractivity (Wildman–Crippen MR) is 116 cm³/mol. The highest BCUT2D eigenvalue weighted by Crippen LogP contribution is 2.39. The minimum absolute atomic E-state index is 0.120. The minimum Gasteiger partial charge on any atom is -0.454 e. The normalized spacial score (nSPS) is 18.2. The monoisotopic (exact) mass is 421 g/mol.